The Morgan fingerprint density at radius 3 is 2.25 bits per heavy atom. The molecule has 0 spiro atoms. The fraction of sp³-hybridized carbons (Fsp3) is 0.421. The van der Waals surface area contributed by atoms with Crippen LogP contribution in [0.4, 0.5) is 0 Å². The lowest BCUT2D eigenvalue weighted by Crippen LogP contribution is -2.37. The van der Waals surface area contributed by atoms with Gasteiger partial charge in [0.2, 0.25) is 5.75 Å². The van der Waals surface area contributed by atoms with E-state index in [1.165, 1.54) is 32.7 Å². The molecule has 2 atom stereocenters. The third-order valence-corrected chi connectivity index (χ3v) is 5.30. The molecule has 1 aliphatic rings. The Hall–Kier alpha value is -2.81. The first-order valence-electron chi connectivity index (χ1n) is 8.86. The molecule has 0 bridgehead atoms. The lowest BCUT2D eigenvalue weighted by Gasteiger charge is -2.18. The fourth-order valence-electron chi connectivity index (χ4n) is 3.37. The Morgan fingerprint density at radius 1 is 1.00 bits per heavy atom. The molecule has 1 aromatic heterocycles. The molecule has 150 valence electrons. The van der Waals surface area contributed by atoms with Gasteiger partial charge in [0.05, 0.1) is 32.4 Å². The van der Waals surface area contributed by atoms with Gasteiger partial charge in [-0.15, -0.1) is 11.3 Å². The summed E-state index contributed by atoms with van der Waals surface area (Å²) in [7, 11) is 4.50. The highest BCUT2D eigenvalue weighted by atomic mass is 32.1. The minimum Gasteiger partial charge on any atom is -0.493 e. The van der Waals surface area contributed by atoms with Crippen LogP contribution >= 0.6 is 11.3 Å². The maximum absolute atomic E-state index is 12.8. The van der Waals surface area contributed by atoms with Gasteiger partial charge in [-0.3, -0.25) is 9.59 Å². The van der Waals surface area contributed by atoms with Gasteiger partial charge in [0.25, 0.3) is 11.8 Å². The van der Waals surface area contributed by atoms with Crippen LogP contribution in [0.2, 0.25) is 0 Å². The SMILES string of the molecule is COc1ccc(C(=O)N[C@H]2CC[C@@H](NC(=O)c3cscn3)C2)c(OC)c1OC. The number of hydrogen-bond donors (Lipinski definition) is 2. The summed E-state index contributed by atoms with van der Waals surface area (Å²) in [5.41, 5.74) is 2.42. The van der Waals surface area contributed by atoms with Crippen LogP contribution in [-0.2, 0) is 0 Å². The van der Waals surface area contributed by atoms with E-state index < -0.39 is 0 Å². The molecule has 1 aliphatic carbocycles. The number of rotatable bonds is 7. The third kappa shape index (κ3) is 4.19. The summed E-state index contributed by atoms with van der Waals surface area (Å²) in [6.45, 7) is 0. The normalized spacial score (nSPS) is 18.4. The third-order valence-electron chi connectivity index (χ3n) is 4.72. The lowest BCUT2D eigenvalue weighted by atomic mass is 10.1. The Labute approximate surface area is 167 Å². The number of aromatic nitrogens is 1. The van der Waals surface area contributed by atoms with E-state index in [2.05, 4.69) is 15.6 Å². The molecule has 28 heavy (non-hydrogen) atoms. The molecular formula is C19H23N3O5S. The fourth-order valence-corrected chi connectivity index (χ4v) is 3.90. The van der Waals surface area contributed by atoms with Gasteiger partial charge in [0, 0.05) is 17.5 Å². The second kappa shape index (κ2) is 8.92. The molecule has 9 heteroatoms. The number of nitrogens with one attached hydrogen (secondary N) is 2. The molecule has 0 saturated heterocycles. The van der Waals surface area contributed by atoms with E-state index in [0.29, 0.717) is 34.9 Å². The predicted molar refractivity (Wildman–Crippen MR) is 105 cm³/mol. The van der Waals surface area contributed by atoms with Crippen molar-refractivity contribution in [3.8, 4) is 17.2 Å². The number of nitrogens with zero attached hydrogens (tertiary/aromatic N) is 1. The van der Waals surface area contributed by atoms with E-state index >= 15 is 0 Å². The number of carbonyl (C=O) groups is 2. The second-order valence-corrected chi connectivity index (χ2v) is 7.13. The number of carbonyl (C=O) groups excluding carboxylic acids is 2. The molecular weight excluding hydrogens is 382 g/mol. The van der Waals surface area contributed by atoms with E-state index in [9.17, 15) is 9.59 Å². The minimum absolute atomic E-state index is 0.00630. The zero-order valence-electron chi connectivity index (χ0n) is 16.0. The first kappa shape index (κ1) is 19.9. The maximum atomic E-state index is 12.8. The molecule has 1 aromatic carbocycles. The molecule has 2 amide bonds. The molecule has 8 nitrogen and oxygen atoms in total. The lowest BCUT2D eigenvalue weighted by molar-refractivity contribution is 0.0932. The van der Waals surface area contributed by atoms with Crippen LogP contribution in [0.5, 0.6) is 17.2 Å². The quantitative estimate of drug-likeness (QED) is 0.733. The van der Waals surface area contributed by atoms with Gasteiger partial charge in [0.15, 0.2) is 11.5 Å². The zero-order valence-corrected chi connectivity index (χ0v) is 16.8. The highest BCUT2D eigenvalue weighted by Gasteiger charge is 2.29. The molecule has 0 radical (unpaired) electrons. The summed E-state index contributed by atoms with van der Waals surface area (Å²) in [6.07, 6.45) is 2.24. The van der Waals surface area contributed by atoms with Gasteiger partial charge < -0.3 is 24.8 Å². The molecule has 0 unspecified atom stereocenters. The number of hydrogen-bond acceptors (Lipinski definition) is 7. The average molecular weight is 405 g/mol. The second-order valence-electron chi connectivity index (χ2n) is 6.41. The van der Waals surface area contributed by atoms with Crippen LogP contribution in [0.25, 0.3) is 0 Å². The van der Waals surface area contributed by atoms with E-state index in [4.69, 9.17) is 14.2 Å². The molecule has 1 fully saturated rings. The Kier molecular flexibility index (Phi) is 6.35. The van der Waals surface area contributed by atoms with Crippen LogP contribution in [0.3, 0.4) is 0 Å². The highest BCUT2D eigenvalue weighted by molar-refractivity contribution is 7.07. The monoisotopic (exact) mass is 405 g/mol. The van der Waals surface area contributed by atoms with Crippen molar-refractivity contribution in [1.29, 1.82) is 0 Å². The van der Waals surface area contributed by atoms with Crippen molar-refractivity contribution in [2.45, 2.75) is 31.3 Å². The molecule has 2 aromatic rings. The topological polar surface area (TPSA) is 98.8 Å². The molecule has 3 rings (SSSR count). The van der Waals surface area contributed by atoms with Crippen LogP contribution in [-0.4, -0.2) is 50.2 Å². The largest absolute Gasteiger partial charge is 0.493 e. The highest BCUT2D eigenvalue weighted by Crippen LogP contribution is 2.39. The van der Waals surface area contributed by atoms with Crippen LogP contribution in [0.1, 0.15) is 40.1 Å². The number of amides is 2. The van der Waals surface area contributed by atoms with Crippen molar-refractivity contribution >= 4 is 23.2 Å². The summed E-state index contributed by atoms with van der Waals surface area (Å²) in [5.74, 6) is 0.749. The van der Waals surface area contributed by atoms with Crippen molar-refractivity contribution in [1.82, 2.24) is 15.6 Å². The van der Waals surface area contributed by atoms with E-state index in [-0.39, 0.29) is 23.9 Å². The first-order valence-corrected chi connectivity index (χ1v) is 9.80. The van der Waals surface area contributed by atoms with Crippen molar-refractivity contribution in [3.63, 3.8) is 0 Å². The van der Waals surface area contributed by atoms with E-state index in [1.54, 1.807) is 23.0 Å². The van der Waals surface area contributed by atoms with E-state index in [0.717, 1.165) is 12.8 Å². The molecule has 1 heterocycles. The molecule has 1 saturated carbocycles. The van der Waals surface area contributed by atoms with Gasteiger partial charge in [0.1, 0.15) is 5.69 Å². The van der Waals surface area contributed by atoms with Gasteiger partial charge >= 0.3 is 0 Å². The van der Waals surface area contributed by atoms with E-state index in [1.807, 2.05) is 0 Å². The number of methoxy groups -OCH3 is 3. The molecule has 2 N–H and O–H groups in total. The predicted octanol–water partition coefficient (Wildman–Crippen LogP) is 2.25. The van der Waals surface area contributed by atoms with Gasteiger partial charge in [-0.1, -0.05) is 0 Å². The Balaban J connectivity index is 1.63. The smallest absolute Gasteiger partial charge is 0.270 e. The first-order chi connectivity index (χ1) is 13.6. The van der Waals surface area contributed by atoms with Crippen LogP contribution in [0, 0.1) is 0 Å². The van der Waals surface area contributed by atoms with Crippen LogP contribution < -0.4 is 24.8 Å². The number of ether oxygens (including phenoxy) is 3. The zero-order chi connectivity index (χ0) is 20.1. The number of thiazole rings is 1. The summed E-state index contributed by atoms with van der Waals surface area (Å²) >= 11 is 1.38. The number of benzene rings is 1. The van der Waals surface area contributed by atoms with Gasteiger partial charge in [-0.2, -0.15) is 0 Å². The van der Waals surface area contributed by atoms with Crippen molar-refractivity contribution in [2.24, 2.45) is 0 Å². The minimum atomic E-state index is -0.255. The summed E-state index contributed by atoms with van der Waals surface area (Å²) in [5, 5.41) is 7.70. The maximum Gasteiger partial charge on any atom is 0.270 e. The van der Waals surface area contributed by atoms with Crippen LogP contribution in [0.15, 0.2) is 23.0 Å². The Bertz CT molecular complexity index is 840. The van der Waals surface area contributed by atoms with Crippen molar-refractivity contribution in [3.05, 3.63) is 34.3 Å². The summed E-state index contributed by atoms with van der Waals surface area (Å²) < 4.78 is 16.0. The molecule has 0 aliphatic heterocycles. The standard InChI is InChI=1S/C19H23N3O5S/c1-25-15-7-6-13(16(26-2)17(15)27-3)18(23)21-11-4-5-12(8-11)22-19(24)14-9-28-10-20-14/h6-7,9-12H,4-5,8H2,1-3H3,(H,21,23)(H,22,24)/t11-,12+/m0/s1. The van der Waals surface area contributed by atoms with Crippen molar-refractivity contribution < 1.29 is 23.8 Å². The summed E-state index contributed by atoms with van der Waals surface area (Å²) in [4.78, 5) is 28.9. The average Bonchev–Trinajstić information content (AvgIpc) is 3.38. The van der Waals surface area contributed by atoms with Crippen molar-refractivity contribution in [2.75, 3.05) is 21.3 Å². The Morgan fingerprint density at radius 2 is 1.68 bits per heavy atom. The summed E-state index contributed by atoms with van der Waals surface area (Å²) in [6, 6.07) is 3.28. The van der Waals surface area contributed by atoms with Gasteiger partial charge in [-0.25, -0.2) is 4.98 Å². The van der Waals surface area contributed by atoms with Gasteiger partial charge in [-0.05, 0) is 31.4 Å².